The molecule has 1 aromatic heterocycles. The van der Waals surface area contributed by atoms with Gasteiger partial charge in [-0.15, -0.1) is 5.10 Å². The Labute approximate surface area is 180 Å². The first-order chi connectivity index (χ1) is 15.3. The number of halogens is 3. The fraction of sp³-hybridized carbons (Fsp3) is 0.263. The highest BCUT2D eigenvalue weighted by molar-refractivity contribution is 7.89. The Bertz CT molecular complexity index is 1250. The summed E-state index contributed by atoms with van der Waals surface area (Å²) in [6.45, 7) is -0.132. The third kappa shape index (κ3) is 4.34. The molecule has 0 saturated carbocycles. The van der Waals surface area contributed by atoms with Crippen LogP contribution in [0.4, 0.5) is 18.9 Å². The van der Waals surface area contributed by atoms with E-state index in [1.54, 1.807) is 0 Å². The van der Waals surface area contributed by atoms with Crippen LogP contribution in [0.1, 0.15) is 12.8 Å². The highest BCUT2D eigenvalue weighted by Gasteiger charge is 2.34. The van der Waals surface area contributed by atoms with Crippen molar-refractivity contribution in [2.24, 2.45) is 5.92 Å². The molecule has 1 N–H and O–H groups in total. The van der Waals surface area contributed by atoms with Crippen LogP contribution < -0.4 is 5.32 Å². The lowest BCUT2D eigenvalue weighted by Crippen LogP contribution is -2.41. The lowest BCUT2D eigenvalue weighted by molar-refractivity contribution is -0.120. The maximum absolute atomic E-state index is 14.2. The van der Waals surface area contributed by atoms with Crippen molar-refractivity contribution in [2.75, 3.05) is 18.4 Å². The van der Waals surface area contributed by atoms with Crippen LogP contribution in [0.25, 0.3) is 5.69 Å². The van der Waals surface area contributed by atoms with E-state index in [1.165, 1.54) is 23.1 Å². The summed E-state index contributed by atoms with van der Waals surface area (Å²) >= 11 is 0. The molecule has 1 amide bonds. The summed E-state index contributed by atoms with van der Waals surface area (Å²) in [4.78, 5) is 11.9. The molecule has 3 aromatic rings. The van der Waals surface area contributed by atoms with Crippen LogP contribution in [-0.2, 0) is 14.8 Å². The van der Waals surface area contributed by atoms with Crippen LogP contribution in [0.15, 0.2) is 47.6 Å². The lowest BCUT2D eigenvalue weighted by Gasteiger charge is -2.30. The second kappa shape index (κ2) is 8.67. The first-order valence-corrected chi connectivity index (χ1v) is 11.0. The van der Waals surface area contributed by atoms with E-state index >= 15 is 0 Å². The van der Waals surface area contributed by atoms with Crippen molar-refractivity contribution in [1.82, 2.24) is 24.5 Å². The molecule has 13 heteroatoms. The standard InChI is InChI=1S/C19H17F3N6O3S/c20-13-1-3-16(22)18(9-13)32(30,31)27-7-5-12(6-8-27)19(29)24-17-10-14(2-4-15(17)21)28-11-23-25-26-28/h1-4,9-12H,5-8H2,(H,24,29). The largest absolute Gasteiger partial charge is 0.323 e. The predicted octanol–water partition coefficient (Wildman–Crippen LogP) is 2.12. The normalized spacial score (nSPS) is 15.6. The molecule has 1 aliphatic heterocycles. The first-order valence-electron chi connectivity index (χ1n) is 9.54. The molecule has 2 aromatic carbocycles. The summed E-state index contributed by atoms with van der Waals surface area (Å²) in [7, 11) is -4.26. The smallest absolute Gasteiger partial charge is 0.246 e. The van der Waals surface area contributed by atoms with E-state index in [0.717, 1.165) is 22.5 Å². The highest BCUT2D eigenvalue weighted by Crippen LogP contribution is 2.27. The number of anilines is 1. The number of carbonyl (C=O) groups is 1. The summed E-state index contributed by atoms with van der Waals surface area (Å²) in [6, 6.07) is 6.18. The number of carbonyl (C=O) groups excluding carboxylic acids is 1. The lowest BCUT2D eigenvalue weighted by atomic mass is 9.97. The second-order valence-corrected chi connectivity index (χ2v) is 9.07. The summed E-state index contributed by atoms with van der Waals surface area (Å²) in [5.74, 6) is -3.65. The van der Waals surface area contributed by atoms with Crippen LogP contribution in [0.5, 0.6) is 0 Å². The summed E-state index contributed by atoms with van der Waals surface area (Å²) in [6.07, 6.45) is 1.59. The highest BCUT2D eigenvalue weighted by atomic mass is 32.2. The number of hydrogen-bond acceptors (Lipinski definition) is 6. The SMILES string of the molecule is O=C(Nc1cc(-n2cnnn2)ccc1F)C1CCN(S(=O)(=O)c2cc(F)ccc2F)CC1. The molecule has 0 aliphatic carbocycles. The van der Waals surface area contributed by atoms with Crippen molar-refractivity contribution < 1.29 is 26.4 Å². The van der Waals surface area contributed by atoms with E-state index in [0.29, 0.717) is 11.8 Å². The molecule has 168 valence electrons. The van der Waals surface area contributed by atoms with Crippen LogP contribution in [0.3, 0.4) is 0 Å². The third-order valence-corrected chi connectivity index (χ3v) is 7.07. The van der Waals surface area contributed by atoms with Crippen LogP contribution in [-0.4, -0.2) is 51.9 Å². The number of benzene rings is 2. The zero-order valence-corrected chi connectivity index (χ0v) is 17.3. The van der Waals surface area contributed by atoms with Gasteiger partial charge in [-0.05, 0) is 59.7 Å². The maximum Gasteiger partial charge on any atom is 0.246 e. The van der Waals surface area contributed by atoms with Crippen molar-refractivity contribution in [1.29, 1.82) is 0 Å². The number of piperidine rings is 1. The van der Waals surface area contributed by atoms with E-state index in [1.807, 2.05) is 0 Å². The van der Waals surface area contributed by atoms with Gasteiger partial charge in [-0.25, -0.2) is 26.3 Å². The molecule has 0 bridgehead atoms. The monoisotopic (exact) mass is 466 g/mol. The van der Waals surface area contributed by atoms with Gasteiger partial charge in [0.2, 0.25) is 15.9 Å². The quantitative estimate of drug-likeness (QED) is 0.617. The fourth-order valence-electron chi connectivity index (χ4n) is 3.44. The second-order valence-electron chi connectivity index (χ2n) is 7.16. The minimum Gasteiger partial charge on any atom is -0.323 e. The van der Waals surface area contributed by atoms with Gasteiger partial charge in [-0.2, -0.15) is 4.31 Å². The molecule has 4 rings (SSSR count). The van der Waals surface area contributed by atoms with Crippen LogP contribution in [0.2, 0.25) is 0 Å². The van der Waals surface area contributed by atoms with Gasteiger partial charge in [0.1, 0.15) is 28.7 Å². The van der Waals surface area contributed by atoms with Crippen molar-refractivity contribution in [3.63, 3.8) is 0 Å². The van der Waals surface area contributed by atoms with Gasteiger partial charge in [-0.3, -0.25) is 4.79 Å². The Morgan fingerprint density at radius 3 is 2.44 bits per heavy atom. The average molecular weight is 466 g/mol. The van der Waals surface area contributed by atoms with Crippen molar-refractivity contribution in [3.05, 3.63) is 60.2 Å². The number of sulfonamides is 1. The van der Waals surface area contributed by atoms with Gasteiger partial charge in [0.15, 0.2) is 0 Å². The van der Waals surface area contributed by atoms with Gasteiger partial charge >= 0.3 is 0 Å². The summed E-state index contributed by atoms with van der Waals surface area (Å²) < 4.78 is 69.2. The Balaban J connectivity index is 1.43. The number of amides is 1. The van der Waals surface area contributed by atoms with Crippen molar-refractivity contribution in [3.8, 4) is 5.69 Å². The zero-order valence-electron chi connectivity index (χ0n) is 16.5. The minimum absolute atomic E-state index is 0.0660. The van der Waals surface area contributed by atoms with E-state index in [2.05, 4.69) is 20.8 Å². The molecule has 0 radical (unpaired) electrons. The maximum atomic E-state index is 14.2. The van der Waals surface area contributed by atoms with Crippen LogP contribution in [0, 0.1) is 23.4 Å². The Hall–Kier alpha value is -3.32. The summed E-state index contributed by atoms with van der Waals surface area (Å²) in [5, 5.41) is 13.2. The number of nitrogens with one attached hydrogen (secondary N) is 1. The molecule has 32 heavy (non-hydrogen) atoms. The topological polar surface area (TPSA) is 110 Å². The number of tetrazole rings is 1. The van der Waals surface area contributed by atoms with Gasteiger partial charge in [0.25, 0.3) is 0 Å². The molecule has 1 fully saturated rings. The number of nitrogens with zero attached hydrogens (tertiary/aromatic N) is 5. The van der Waals surface area contributed by atoms with E-state index in [9.17, 15) is 26.4 Å². The van der Waals surface area contributed by atoms with Gasteiger partial charge in [-0.1, -0.05) is 0 Å². The molecular weight excluding hydrogens is 449 g/mol. The first kappa shape index (κ1) is 21.9. The molecule has 2 heterocycles. The van der Waals surface area contributed by atoms with E-state index in [-0.39, 0.29) is 31.6 Å². The third-order valence-electron chi connectivity index (χ3n) is 5.16. The Morgan fingerprint density at radius 2 is 1.75 bits per heavy atom. The molecule has 1 aliphatic rings. The fourth-order valence-corrected chi connectivity index (χ4v) is 4.98. The summed E-state index contributed by atoms with van der Waals surface area (Å²) in [5.41, 5.74) is 0.365. The zero-order chi connectivity index (χ0) is 22.9. The van der Waals surface area contributed by atoms with Crippen LogP contribution >= 0.6 is 0 Å². The van der Waals surface area contributed by atoms with E-state index < -0.39 is 44.2 Å². The molecule has 1 saturated heterocycles. The Morgan fingerprint density at radius 1 is 1.03 bits per heavy atom. The average Bonchev–Trinajstić information content (AvgIpc) is 3.32. The molecular formula is C19H17F3N6O3S. The number of hydrogen-bond donors (Lipinski definition) is 1. The molecule has 0 spiro atoms. The van der Waals surface area contributed by atoms with Crippen molar-refractivity contribution >= 4 is 21.6 Å². The van der Waals surface area contributed by atoms with E-state index in [4.69, 9.17) is 0 Å². The molecule has 9 nitrogen and oxygen atoms in total. The van der Waals surface area contributed by atoms with Gasteiger partial charge in [0.05, 0.1) is 11.4 Å². The van der Waals surface area contributed by atoms with Crippen molar-refractivity contribution in [2.45, 2.75) is 17.7 Å². The number of aromatic nitrogens is 4. The van der Waals surface area contributed by atoms with Gasteiger partial charge in [0, 0.05) is 19.0 Å². The molecule has 0 unspecified atom stereocenters. The molecule has 0 atom stereocenters. The minimum atomic E-state index is -4.26. The predicted molar refractivity (Wildman–Crippen MR) is 106 cm³/mol. The Kier molecular flexibility index (Phi) is 5.93. The van der Waals surface area contributed by atoms with Gasteiger partial charge < -0.3 is 5.32 Å². The number of rotatable bonds is 5.